The summed E-state index contributed by atoms with van der Waals surface area (Å²) >= 11 is 1.16. The maximum absolute atomic E-state index is 12.3. The smallest absolute Gasteiger partial charge is 0.308 e. The summed E-state index contributed by atoms with van der Waals surface area (Å²) in [5.74, 6) is 0.158. The maximum Gasteiger partial charge on any atom is 0.308 e. The number of hydrogen-bond acceptors (Lipinski definition) is 7. The van der Waals surface area contributed by atoms with Crippen molar-refractivity contribution in [3.05, 3.63) is 47.7 Å². The lowest BCUT2D eigenvalue weighted by Crippen LogP contribution is -2.32. The third-order valence-corrected chi connectivity index (χ3v) is 4.57. The van der Waals surface area contributed by atoms with Crippen LogP contribution in [0.1, 0.15) is 37.6 Å². The van der Waals surface area contributed by atoms with Gasteiger partial charge in [0.2, 0.25) is 11.8 Å². The van der Waals surface area contributed by atoms with Gasteiger partial charge in [0.15, 0.2) is 5.82 Å². The van der Waals surface area contributed by atoms with E-state index in [2.05, 4.69) is 15.8 Å². The van der Waals surface area contributed by atoms with Gasteiger partial charge >= 0.3 is 5.97 Å². The van der Waals surface area contributed by atoms with Crippen LogP contribution in [-0.4, -0.2) is 40.6 Å². The van der Waals surface area contributed by atoms with Gasteiger partial charge < -0.3 is 19.9 Å². The molecular weight excluding hydrogens is 394 g/mol. The molecule has 2 N–H and O–H groups in total. The van der Waals surface area contributed by atoms with Crippen LogP contribution in [0.4, 0.5) is 5.82 Å². The van der Waals surface area contributed by atoms with Gasteiger partial charge in [0, 0.05) is 6.07 Å². The number of rotatable bonds is 10. The molecule has 0 aliphatic rings. The van der Waals surface area contributed by atoms with Crippen molar-refractivity contribution in [2.75, 3.05) is 16.8 Å². The molecule has 0 aliphatic heterocycles. The number of carbonyl (C=O) groups excluding carboxylic acids is 3. The Hall–Kier alpha value is -2.81. The fraction of sp³-hybridized carbons (Fsp3) is 0.400. The van der Waals surface area contributed by atoms with Gasteiger partial charge in [0.25, 0.3) is 0 Å². The molecule has 1 unspecified atom stereocenters. The molecular formula is C20H25N3O5S. The number of hydrogen-bond donors (Lipinski definition) is 2. The van der Waals surface area contributed by atoms with Crippen molar-refractivity contribution in [3.8, 4) is 0 Å². The van der Waals surface area contributed by atoms with E-state index in [1.807, 2.05) is 30.3 Å². The molecule has 156 valence electrons. The normalized spacial score (nSPS) is 11.7. The van der Waals surface area contributed by atoms with Crippen molar-refractivity contribution in [2.45, 2.75) is 39.3 Å². The average Bonchev–Trinajstić information content (AvgIpc) is 3.05. The average molecular weight is 420 g/mol. The van der Waals surface area contributed by atoms with E-state index >= 15 is 0 Å². The third-order valence-electron chi connectivity index (χ3n) is 3.64. The number of amides is 2. The Bertz CT molecular complexity index is 823. The first-order valence-electron chi connectivity index (χ1n) is 9.18. The van der Waals surface area contributed by atoms with Crippen molar-refractivity contribution < 1.29 is 23.6 Å². The van der Waals surface area contributed by atoms with E-state index in [9.17, 15) is 14.4 Å². The van der Waals surface area contributed by atoms with Crippen LogP contribution in [-0.2, 0) is 19.1 Å². The van der Waals surface area contributed by atoms with E-state index in [4.69, 9.17) is 9.26 Å². The molecule has 2 rings (SSSR count). The Morgan fingerprint density at radius 3 is 2.45 bits per heavy atom. The first kappa shape index (κ1) is 22.5. The largest absolute Gasteiger partial charge is 0.463 e. The summed E-state index contributed by atoms with van der Waals surface area (Å²) in [5.41, 5.74) is 0.811. The lowest BCUT2D eigenvalue weighted by atomic mass is 10.0. The number of benzene rings is 1. The summed E-state index contributed by atoms with van der Waals surface area (Å²) in [7, 11) is 0. The van der Waals surface area contributed by atoms with E-state index < -0.39 is 6.04 Å². The zero-order valence-electron chi connectivity index (χ0n) is 16.6. The van der Waals surface area contributed by atoms with Crippen molar-refractivity contribution in [2.24, 2.45) is 0 Å². The molecule has 8 nitrogen and oxygen atoms in total. The maximum atomic E-state index is 12.3. The Labute approximate surface area is 173 Å². The Kier molecular flexibility index (Phi) is 8.72. The molecule has 1 aromatic carbocycles. The second-order valence-corrected chi connectivity index (χ2v) is 7.62. The molecule has 0 saturated carbocycles. The molecule has 0 spiro atoms. The van der Waals surface area contributed by atoms with Gasteiger partial charge in [-0.1, -0.05) is 35.5 Å². The fourth-order valence-corrected chi connectivity index (χ4v) is 3.12. The van der Waals surface area contributed by atoms with E-state index in [-0.39, 0.29) is 41.8 Å². The van der Waals surface area contributed by atoms with Gasteiger partial charge in [-0.3, -0.25) is 14.4 Å². The second-order valence-electron chi connectivity index (χ2n) is 6.64. The molecule has 0 bridgehead atoms. The molecule has 0 radical (unpaired) electrons. The fourth-order valence-electron chi connectivity index (χ4n) is 2.49. The predicted octanol–water partition coefficient (Wildman–Crippen LogP) is 2.85. The standard InChI is InChI=1S/C20H25N3O5S/c1-13(2)27-20(26)10-16(15-7-5-4-6-8-15)21-18(24)11-29-12-19(25)22-17-9-14(3)28-23-17/h4-9,13,16H,10-12H2,1-3H3,(H,21,24)(H,22,23,25). The van der Waals surface area contributed by atoms with Gasteiger partial charge in [-0.25, -0.2) is 0 Å². The molecule has 0 saturated heterocycles. The molecule has 2 aromatic rings. The molecule has 1 atom stereocenters. The van der Waals surface area contributed by atoms with Crippen LogP contribution < -0.4 is 10.6 Å². The van der Waals surface area contributed by atoms with Gasteiger partial charge in [0.05, 0.1) is 30.1 Å². The van der Waals surface area contributed by atoms with E-state index in [1.165, 1.54) is 0 Å². The molecule has 2 amide bonds. The van der Waals surface area contributed by atoms with Crippen LogP contribution in [0, 0.1) is 6.92 Å². The van der Waals surface area contributed by atoms with Gasteiger partial charge in [-0.15, -0.1) is 11.8 Å². The van der Waals surface area contributed by atoms with Crippen molar-refractivity contribution >= 4 is 35.4 Å². The molecule has 0 fully saturated rings. The topological polar surface area (TPSA) is 111 Å². The number of nitrogens with zero attached hydrogens (tertiary/aromatic N) is 1. The molecule has 9 heteroatoms. The third kappa shape index (κ3) is 8.39. The lowest BCUT2D eigenvalue weighted by molar-refractivity contribution is -0.148. The minimum absolute atomic E-state index is 0.0323. The summed E-state index contributed by atoms with van der Waals surface area (Å²) in [6.07, 6.45) is -0.192. The quantitative estimate of drug-likeness (QED) is 0.570. The molecule has 29 heavy (non-hydrogen) atoms. The highest BCUT2D eigenvalue weighted by Crippen LogP contribution is 2.18. The Morgan fingerprint density at radius 1 is 1.14 bits per heavy atom. The molecule has 1 heterocycles. The Morgan fingerprint density at radius 2 is 1.83 bits per heavy atom. The number of thioether (sulfide) groups is 1. The van der Waals surface area contributed by atoms with Crippen LogP contribution in [0.25, 0.3) is 0 Å². The van der Waals surface area contributed by atoms with Crippen LogP contribution in [0.3, 0.4) is 0 Å². The van der Waals surface area contributed by atoms with E-state index in [0.29, 0.717) is 11.6 Å². The highest BCUT2D eigenvalue weighted by molar-refractivity contribution is 8.00. The van der Waals surface area contributed by atoms with Crippen molar-refractivity contribution in [3.63, 3.8) is 0 Å². The zero-order chi connectivity index (χ0) is 21.2. The Balaban J connectivity index is 1.83. The number of anilines is 1. The number of ether oxygens (including phenoxy) is 1. The highest BCUT2D eigenvalue weighted by atomic mass is 32.2. The van der Waals surface area contributed by atoms with Crippen LogP contribution >= 0.6 is 11.8 Å². The SMILES string of the molecule is Cc1cc(NC(=O)CSCC(=O)NC(CC(=O)OC(C)C)c2ccccc2)no1. The monoisotopic (exact) mass is 419 g/mol. The van der Waals surface area contributed by atoms with Crippen LogP contribution in [0.15, 0.2) is 40.9 Å². The summed E-state index contributed by atoms with van der Waals surface area (Å²) in [5, 5.41) is 9.11. The predicted molar refractivity (Wildman–Crippen MR) is 110 cm³/mol. The van der Waals surface area contributed by atoms with Crippen LogP contribution in [0.2, 0.25) is 0 Å². The number of esters is 1. The minimum Gasteiger partial charge on any atom is -0.463 e. The number of nitrogens with one attached hydrogen (secondary N) is 2. The summed E-state index contributed by atoms with van der Waals surface area (Å²) in [6.45, 7) is 5.27. The second kappa shape index (κ2) is 11.3. The summed E-state index contributed by atoms with van der Waals surface area (Å²) < 4.78 is 10.1. The van der Waals surface area contributed by atoms with Gasteiger partial charge in [0.1, 0.15) is 5.76 Å². The molecule has 1 aromatic heterocycles. The van der Waals surface area contributed by atoms with Crippen molar-refractivity contribution in [1.29, 1.82) is 0 Å². The first-order chi connectivity index (χ1) is 13.8. The number of aromatic nitrogens is 1. The lowest BCUT2D eigenvalue weighted by Gasteiger charge is -2.19. The number of aryl methyl sites for hydroxylation is 1. The molecule has 0 aliphatic carbocycles. The highest BCUT2D eigenvalue weighted by Gasteiger charge is 2.20. The van der Waals surface area contributed by atoms with Gasteiger partial charge in [-0.05, 0) is 26.3 Å². The first-order valence-corrected chi connectivity index (χ1v) is 10.3. The van der Waals surface area contributed by atoms with Crippen LogP contribution in [0.5, 0.6) is 0 Å². The zero-order valence-corrected chi connectivity index (χ0v) is 17.5. The van der Waals surface area contributed by atoms with E-state index in [0.717, 1.165) is 17.3 Å². The number of carbonyl (C=O) groups is 3. The minimum atomic E-state index is -0.498. The van der Waals surface area contributed by atoms with Gasteiger partial charge in [-0.2, -0.15) is 0 Å². The summed E-state index contributed by atoms with van der Waals surface area (Å²) in [4.78, 5) is 36.3. The van der Waals surface area contributed by atoms with Crippen molar-refractivity contribution in [1.82, 2.24) is 10.5 Å². The summed E-state index contributed by atoms with van der Waals surface area (Å²) in [6, 6.07) is 10.3. The van der Waals surface area contributed by atoms with E-state index in [1.54, 1.807) is 26.8 Å².